The number of fused-ring (bicyclic) bond motifs is 3. The summed E-state index contributed by atoms with van der Waals surface area (Å²) in [4.78, 5) is 13.1. The minimum Gasteiger partial charge on any atom is -0.493 e. The van der Waals surface area contributed by atoms with Crippen LogP contribution >= 0.6 is 0 Å². The van der Waals surface area contributed by atoms with Crippen LogP contribution in [0.2, 0.25) is 0 Å². The van der Waals surface area contributed by atoms with Gasteiger partial charge in [-0.2, -0.15) is 0 Å². The molecule has 2 aromatic rings. The van der Waals surface area contributed by atoms with Crippen molar-refractivity contribution in [3.05, 3.63) is 45.6 Å². The van der Waals surface area contributed by atoms with Crippen molar-refractivity contribution in [2.75, 3.05) is 33.7 Å². The van der Waals surface area contributed by atoms with Gasteiger partial charge in [-0.25, -0.2) is 0 Å². The van der Waals surface area contributed by atoms with E-state index >= 15 is 0 Å². The summed E-state index contributed by atoms with van der Waals surface area (Å²) in [7, 11) is 6.94. The van der Waals surface area contributed by atoms with Gasteiger partial charge < -0.3 is 24.8 Å². The molecule has 0 radical (unpaired) electrons. The van der Waals surface area contributed by atoms with Crippen LogP contribution < -0.4 is 30.3 Å². The highest BCUT2D eigenvalue weighted by Gasteiger charge is 2.29. The van der Waals surface area contributed by atoms with Gasteiger partial charge >= 0.3 is 0 Å². The molecule has 3 N–H and O–H groups in total. The molecular formula is C24H33N2O4+. The molecule has 0 aliphatic heterocycles. The van der Waals surface area contributed by atoms with Crippen molar-refractivity contribution in [3.8, 4) is 28.4 Å². The lowest BCUT2D eigenvalue weighted by Crippen LogP contribution is -2.81. The molecule has 30 heavy (non-hydrogen) atoms. The Morgan fingerprint density at radius 2 is 1.87 bits per heavy atom. The van der Waals surface area contributed by atoms with Gasteiger partial charge in [-0.3, -0.25) is 4.79 Å². The van der Waals surface area contributed by atoms with E-state index in [1.54, 1.807) is 27.4 Å². The van der Waals surface area contributed by atoms with Gasteiger partial charge in [0.25, 0.3) is 0 Å². The van der Waals surface area contributed by atoms with E-state index in [4.69, 9.17) is 14.2 Å². The van der Waals surface area contributed by atoms with E-state index in [-0.39, 0.29) is 17.5 Å². The summed E-state index contributed by atoms with van der Waals surface area (Å²) in [5.41, 5.74) is 4.74. The molecule has 0 unspecified atom stereocenters. The fourth-order valence-corrected chi connectivity index (χ4v) is 4.18. The third kappa shape index (κ3) is 3.97. The maximum atomic E-state index is 13.1. The molecule has 2 atom stereocenters. The number of quaternary nitrogens is 1. The number of benzene rings is 1. The zero-order valence-corrected chi connectivity index (χ0v) is 18.8. The first kappa shape index (κ1) is 22.0. The van der Waals surface area contributed by atoms with Crippen molar-refractivity contribution in [2.24, 2.45) is 0 Å². The van der Waals surface area contributed by atoms with Gasteiger partial charge in [-0.15, -0.1) is 0 Å². The second-order valence-electron chi connectivity index (χ2n) is 7.74. The molecule has 2 aromatic carbocycles. The molecule has 0 aromatic heterocycles. The third-order valence-electron chi connectivity index (χ3n) is 6.00. The van der Waals surface area contributed by atoms with Crippen molar-refractivity contribution in [2.45, 2.75) is 45.2 Å². The molecule has 6 heteroatoms. The van der Waals surface area contributed by atoms with E-state index in [1.165, 1.54) is 0 Å². The van der Waals surface area contributed by atoms with Crippen LogP contribution in [0.4, 0.5) is 5.69 Å². The van der Waals surface area contributed by atoms with Gasteiger partial charge in [-0.05, 0) is 49.1 Å². The maximum absolute atomic E-state index is 13.1. The van der Waals surface area contributed by atoms with E-state index in [1.807, 2.05) is 18.2 Å². The number of nitrogens with two attached hydrogens (primary N) is 1. The normalized spacial score (nSPS) is 16.0. The Kier molecular flexibility index (Phi) is 6.87. The van der Waals surface area contributed by atoms with Crippen LogP contribution in [0.3, 0.4) is 0 Å². The van der Waals surface area contributed by atoms with E-state index in [0.29, 0.717) is 22.9 Å². The lowest BCUT2D eigenvalue weighted by atomic mass is 9.95. The number of hydrogen-bond acceptors (Lipinski definition) is 5. The Labute approximate surface area is 178 Å². The van der Waals surface area contributed by atoms with Crippen molar-refractivity contribution in [1.29, 1.82) is 0 Å². The Balaban J connectivity index is 2.35. The average molecular weight is 414 g/mol. The summed E-state index contributed by atoms with van der Waals surface area (Å²) in [5.74, 6) is 1.85. The topological polar surface area (TPSA) is 73.4 Å². The molecule has 3 rings (SSSR count). The first-order valence-electron chi connectivity index (χ1n) is 10.5. The van der Waals surface area contributed by atoms with Crippen LogP contribution in [0.5, 0.6) is 17.2 Å². The standard InChI is InChI=1S/C24H32N2O4/c1-7-14(2)26-19-11-9-16-17(13-20(19)27)18(25-3)10-8-15-12-21(28-4)23(29-5)24(30-6)22(15)16/h9,11-14,18,25H,7-8,10H2,1-6H3,(H,26,27)/p+1/t14-,18-/m1/s1. The minimum absolute atomic E-state index is 0.00583. The van der Waals surface area contributed by atoms with Gasteiger partial charge in [0.05, 0.1) is 34.1 Å². The van der Waals surface area contributed by atoms with Crippen LogP contribution in [-0.2, 0) is 6.42 Å². The van der Waals surface area contributed by atoms with Gasteiger partial charge in [-0.1, -0.05) is 13.0 Å². The van der Waals surface area contributed by atoms with Crippen LogP contribution in [0.1, 0.15) is 43.9 Å². The Bertz CT molecular complexity index is 974. The second-order valence-corrected chi connectivity index (χ2v) is 7.74. The SMILES string of the molecule is CC[C@@H](C)Nc1ccc2c(cc1=O)[C@H]([NH2+]C)CCc1cc(OC)c(OC)c(OC)c1-2. The van der Waals surface area contributed by atoms with Crippen LogP contribution in [0.15, 0.2) is 29.1 Å². The molecular weight excluding hydrogens is 380 g/mol. The molecule has 0 saturated carbocycles. The van der Waals surface area contributed by atoms with Crippen molar-refractivity contribution < 1.29 is 19.5 Å². The Hall–Kier alpha value is -2.73. The molecule has 0 heterocycles. The smallest absolute Gasteiger partial charge is 0.203 e. The van der Waals surface area contributed by atoms with Gasteiger partial charge in [0.15, 0.2) is 11.5 Å². The highest BCUT2D eigenvalue weighted by atomic mass is 16.5. The van der Waals surface area contributed by atoms with Gasteiger partial charge in [0.1, 0.15) is 6.04 Å². The number of aryl methyl sites for hydroxylation is 1. The highest BCUT2D eigenvalue weighted by Crippen LogP contribution is 2.49. The minimum atomic E-state index is 0.00583. The number of nitrogens with one attached hydrogen (secondary N) is 1. The Morgan fingerprint density at radius 3 is 2.47 bits per heavy atom. The molecule has 6 nitrogen and oxygen atoms in total. The molecule has 0 saturated heterocycles. The van der Waals surface area contributed by atoms with E-state index in [2.05, 4.69) is 31.5 Å². The number of anilines is 1. The number of methoxy groups -OCH3 is 3. The Morgan fingerprint density at radius 1 is 1.13 bits per heavy atom. The van der Waals surface area contributed by atoms with Crippen LogP contribution in [-0.4, -0.2) is 34.4 Å². The molecule has 1 aliphatic rings. The fraction of sp³-hybridized carbons (Fsp3) is 0.458. The number of ether oxygens (including phenoxy) is 3. The summed E-state index contributed by atoms with van der Waals surface area (Å²) in [6.45, 7) is 4.18. The summed E-state index contributed by atoms with van der Waals surface area (Å²) < 4.78 is 17.0. The quantitative estimate of drug-likeness (QED) is 0.730. The van der Waals surface area contributed by atoms with E-state index < -0.39 is 0 Å². The van der Waals surface area contributed by atoms with Gasteiger partial charge in [0, 0.05) is 23.6 Å². The van der Waals surface area contributed by atoms with E-state index in [0.717, 1.165) is 41.5 Å². The molecule has 0 spiro atoms. The zero-order valence-electron chi connectivity index (χ0n) is 18.8. The molecule has 0 bridgehead atoms. The molecule has 1 aliphatic carbocycles. The fourth-order valence-electron chi connectivity index (χ4n) is 4.18. The van der Waals surface area contributed by atoms with Crippen molar-refractivity contribution >= 4 is 5.69 Å². The summed E-state index contributed by atoms with van der Waals surface area (Å²) >= 11 is 0. The highest BCUT2D eigenvalue weighted by molar-refractivity contribution is 5.82. The summed E-state index contributed by atoms with van der Waals surface area (Å²) in [6.07, 6.45) is 2.70. The zero-order chi connectivity index (χ0) is 21.8. The second kappa shape index (κ2) is 9.39. The summed E-state index contributed by atoms with van der Waals surface area (Å²) in [5, 5.41) is 5.52. The lowest BCUT2D eigenvalue weighted by molar-refractivity contribution is -0.670. The summed E-state index contributed by atoms with van der Waals surface area (Å²) in [6, 6.07) is 8.14. The number of hydrogen-bond donors (Lipinski definition) is 2. The monoisotopic (exact) mass is 413 g/mol. The molecule has 162 valence electrons. The average Bonchev–Trinajstić information content (AvgIpc) is 3.00. The largest absolute Gasteiger partial charge is 0.493 e. The van der Waals surface area contributed by atoms with Crippen LogP contribution in [0, 0.1) is 0 Å². The predicted molar refractivity (Wildman–Crippen MR) is 120 cm³/mol. The molecule has 0 fully saturated rings. The number of rotatable bonds is 7. The van der Waals surface area contributed by atoms with Crippen LogP contribution in [0.25, 0.3) is 11.1 Å². The molecule has 0 amide bonds. The van der Waals surface area contributed by atoms with Gasteiger partial charge in [0.2, 0.25) is 11.2 Å². The first-order valence-corrected chi connectivity index (χ1v) is 10.5. The first-order chi connectivity index (χ1) is 14.5. The maximum Gasteiger partial charge on any atom is 0.203 e. The van der Waals surface area contributed by atoms with E-state index in [9.17, 15) is 4.79 Å². The van der Waals surface area contributed by atoms with Crippen molar-refractivity contribution in [1.82, 2.24) is 0 Å². The lowest BCUT2D eigenvalue weighted by Gasteiger charge is -2.19. The third-order valence-corrected chi connectivity index (χ3v) is 6.00. The van der Waals surface area contributed by atoms with Crippen molar-refractivity contribution in [3.63, 3.8) is 0 Å². The predicted octanol–water partition coefficient (Wildman–Crippen LogP) is 3.13.